The number of aliphatic hydroxyl groups is 1. The smallest absolute Gasteiger partial charge is 0.224 e. The quantitative estimate of drug-likeness (QED) is 0.849. The van der Waals surface area contributed by atoms with Gasteiger partial charge < -0.3 is 15.3 Å². The van der Waals surface area contributed by atoms with Crippen molar-refractivity contribution in [2.45, 2.75) is 33.3 Å². The molecule has 18 heavy (non-hydrogen) atoms. The molecule has 5 nitrogen and oxygen atoms in total. The fraction of sp³-hybridized carbons (Fsp3) is 0.692. The van der Waals surface area contributed by atoms with Gasteiger partial charge in [-0.05, 0) is 26.2 Å². The van der Waals surface area contributed by atoms with Crippen molar-refractivity contribution in [3.8, 4) is 0 Å². The van der Waals surface area contributed by atoms with Crippen molar-refractivity contribution in [2.24, 2.45) is 5.92 Å². The molecule has 2 unspecified atom stereocenters. The lowest BCUT2D eigenvalue weighted by atomic mass is 9.96. The normalized spacial score (nSPS) is 24.1. The molecular weight excluding hydrogens is 228 g/mol. The fourth-order valence-corrected chi connectivity index (χ4v) is 2.24. The molecule has 0 amide bonds. The number of aliphatic hydroxyl groups excluding tert-OH is 1. The van der Waals surface area contributed by atoms with Crippen molar-refractivity contribution in [2.75, 3.05) is 29.9 Å². The third-order valence-electron chi connectivity index (χ3n) is 3.50. The van der Waals surface area contributed by atoms with Crippen LogP contribution in [0.5, 0.6) is 0 Å². The highest BCUT2D eigenvalue weighted by molar-refractivity contribution is 5.49. The number of aryl methyl sites for hydroxylation is 1. The number of nitrogens with zero attached hydrogens (tertiary/aromatic N) is 3. The van der Waals surface area contributed by atoms with Gasteiger partial charge in [0, 0.05) is 31.4 Å². The van der Waals surface area contributed by atoms with E-state index in [1.165, 1.54) is 0 Å². The number of anilines is 2. The Morgan fingerprint density at radius 1 is 1.56 bits per heavy atom. The minimum Gasteiger partial charge on any atom is -0.391 e. The first-order valence-electron chi connectivity index (χ1n) is 6.62. The van der Waals surface area contributed by atoms with Crippen LogP contribution in [0, 0.1) is 12.8 Å². The highest BCUT2D eigenvalue weighted by Gasteiger charge is 2.26. The van der Waals surface area contributed by atoms with E-state index in [9.17, 15) is 5.11 Å². The third kappa shape index (κ3) is 2.72. The molecule has 0 bridgehead atoms. The van der Waals surface area contributed by atoms with Gasteiger partial charge in [-0.2, -0.15) is 4.98 Å². The lowest BCUT2D eigenvalue weighted by molar-refractivity contribution is 0.102. The molecule has 1 aromatic rings. The number of β-amino-alcohol motifs (C(OH)–C–C–N with tert-alkyl or cyclic N) is 1. The number of hydrogen-bond donors (Lipinski definition) is 2. The van der Waals surface area contributed by atoms with E-state index in [-0.39, 0.29) is 6.10 Å². The number of rotatable bonds is 3. The highest BCUT2D eigenvalue weighted by Crippen LogP contribution is 2.24. The molecule has 2 heterocycles. The molecule has 2 atom stereocenters. The first-order chi connectivity index (χ1) is 8.61. The maximum Gasteiger partial charge on any atom is 0.224 e. The number of nitrogens with one attached hydrogen (secondary N) is 1. The Kier molecular flexibility index (Phi) is 4.01. The van der Waals surface area contributed by atoms with Gasteiger partial charge in [-0.15, -0.1) is 0 Å². The Labute approximate surface area is 108 Å². The van der Waals surface area contributed by atoms with Crippen molar-refractivity contribution in [1.29, 1.82) is 0 Å². The standard InChI is InChI=1S/C13H22N4O/c1-4-14-13-15-7-10(3)12(16-13)17-6-5-9(2)11(18)8-17/h7,9,11,18H,4-6,8H2,1-3H3,(H,14,15,16). The summed E-state index contributed by atoms with van der Waals surface area (Å²) < 4.78 is 0. The van der Waals surface area contributed by atoms with E-state index in [0.717, 1.165) is 30.9 Å². The van der Waals surface area contributed by atoms with E-state index in [1.54, 1.807) is 0 Å². The Morgan fingerprint density at radius 3 is 3.00 bits per heavy atom. The first-order valence-corrected chi connectivity index (χ1v) is 6.62. The van der Waals surface area contributed by atoms with Crippen LogP contribution in [0.3, 0.4) is 0 Å². The molecule has 0 saturated carbocycles. The van der Waals surface area contributed by atoms with Gasteiger partial charge in [-0.25, -0.2) is 4.98 Å². The summed E-state index contributed by atoms with van der Waals surface area (Å²) in [6, 6.07) is 0. The maximum atomic E-state index is 9.97. The van der Waals surface area contributed by atoms with Crippen LogP contribution in [0.4, 0.5) is 11.8 Å². The predicted octanol–water partition coefficient (Wildman–Crippen LogP) is 1.42. The minimum atomic E-state index is -0.268. The van der Waals surface area contributed by atoms with Crippen LogP contribution < -0.4 is 10.2 Å². The predicted molar refractivity (Wildman–Crippen MR) is 72.9 cm³/mol. The van der Waals surface area contributed by atoms with Gasteiger partial charge in [-0.3, -0.25) is 0 Å². The van der Waals surface area contributed by atoms with Gasteiger partial charge in [0.15, 0.2) is 0 Å². The SMILES string of the molecule is CCNc1ncc(C)c(N2CCC(C)C(O)C2)n1. The molecule has 1 saturated heterocycles. The molecule has 2 rings (SSSR count). The Hall–Kier alpha value is -1.36. The third-order valence-corrected chi connectivity index (χ3v) is 3.50. The van der Waals surface area contributed by atoms with Crippen LogP contribution in [0.1, 0.15) is 25.8 Å². The van der Waals surface area contributed by atoms with E-state index in [0.29, 0.717) is 18.4 Å². The van der Waals surface area contributed by atoms with Gasteiger partial charge in [0.25, 0.3) is 0 Å². The average Bonchev–Trinajstić information content (AvgIpc) is 2.35. The van der Waals surface area contributed by atoms with Crippen molar-refractivity contribution < 1.29 is 5.11 Å². The summed E-state index contributed by atoms with van der Waals surface area (Å²) in [4.78, 5) is 10.9. The molecule has 5 heteroatoms. The van der Waals surface area contributed by atoms with Crippen molar-refractivity contribution in [3.05, 3.63) is 11.8 Å². The van der Waals surface area contributed by atoms with Gasteiger partial charge in [0.05, 0.1) is 6.10 Å². The van der Waals surface area contributed by atoms with Crippen molar-refractivity contribution in [1.82, 2.24) is 9.97 Å². The zero-order valence-corrected chi connectivity index (χ0v) is 11.3. The summed E-state index contributed by atoms with van der Waals surface area (Å²) in [6.45, 7) is 8.54. The Balaban J connectivity index is 2.19. The van der Waals surface area contributed by atoms with Crippen LogP contribution in [0.25, 0.3) is 0 Å². The monoisotopic (exact) mass is 250 g/mol. The van der Waals surface area contributed by atoms with E-state index in [1.807, 2.05) is 20.0 Å². The number of hydrogen-bond acceptors (Lipinski definition) is 5. The Bertz CT molecular complexity index is 410. The minimum absolute atomic E-state index is 0.268. The van der Waals surface area contributed by atoms with Gasteiger partial charge in [0.1, 0.15) is 5.82 Å². The number of piperidine rings is 1. The molecule has 1 aromatic heterocycles. The van der Waals surface area contributed by atoms with Gasteiger partial charge in [-0.1, -0.05) is 6.92 Å². The summed E-state index contributed by atoms with van der Waals surface area (Å²) in [5.41, 5.74) is 1.05. The fourth-order valence-electron chi connectivity index (χ4n) is 2.24. The van der Waals surface area contributed by atoms with E-state index in [4.69, 9.17) is 0 Å². The molecule has 1 fully saturated rings. The Morgan fingerprint density at radius 2 is 2.33 bits per heavy atom. The number of aromatic nitrogens is 2. The molecule has 2 N–H and O–H groups in total. The van der Waals surface area contributed by atoms with Gasteiger partial charge >= 0.3 is 0 Å². The average molecular weight is 250 g/mol. The van der Waals surface area contributed by atoms with E-state index in [2.05, 4.69) is 27.1 Å². The van der Waals surface area contributed by atoms with Crippen molar-refractivity contribution >= 4 is 11.8 Å². The molecule has 0 spiro atoms. The lowest BCUT2D eigenvalue weighted by Gasteiger charge is -2.35. The first kappa shape index (κ1) is 13.1. The lowest BCUT2D eigenvalue weighted by Crippen LogP contribution is -2.43. The molecule has 1 aliphatic heterocycles. The summed E-state index contributed by atoms with van der Waals surface area (Å²) in [6.07, 6.45) is 2.57. The summed E-state index contributed by atoms with van der Waals surface area (Å²) >= 11 is 0. The molecule has 0 aliphatic carbocycles. The van der Waals surface area contributed by atoms with E-state index < -0.39 is 0 Å². The highest BCUT2D eigenvalue weighted by atomic mass is 16.3. The maximum absolute atomic E-state index is 9.97. The summed E-state index contributed by atoms with van der Waals surface area (Å²) in [7, 11) is 0. The topological polar surface area (TPSA) is 61.3 Å². The molecule has 1 aliphatic rings. The van der Waals surface area contributed by atoms with Crippen molar-refractivity contribution in [3.63, 3.8) is 0 Å². The van der Waals surface area contributed by atoms with Crippen LogP contribution in [0.15, 0.2) is 6.20 Å². The zero-order valence-electron chi connectivity index (χ0n) is 11.3. The molecule has 100 valence electrons. The molecule has 0 radical (unpaired) electrons. The zero-order chi connectivity index (χ0) is 13.1. The second-order valence-electron chi connectivity index (χ2n) is 5.01. The second-order valence-corrected chi connectivity index (χ2v) is 5.01. The van der Waals surface area contributed by atoms with E-state index >= 15 is 0 Å². The second kappa shape index (κ2) is 5.52. The van der Waals surface area contributed by atoms with Gasteiger partial charge in [0.2, 0.25) is 5.95 Å². The van der Waals surface area contributed by atoms with Crippen LogP contribution in [-0.4, -0.2) is 40.8 Å². The van der Waals surface area contributed by atoms with Crippen LogP contribution in [-0.2, 0) is 0 Å². The van der Waals surface area contributed by atoms with Crippen LogP contribution >= 0.6 is 0 Å². The molecular formula is C13H22N4O. The summed E-state index contributed by atoms with van der Waals surface area (Å²) in [5.74, 6) is 1.97. The summed E-state index contributed by atoms with van der Waals surface area (Å²) in [5, 5.41) is 13.1. The molecule has 0 aromatic carbocycles. The largest absolute Gasteiger partial charge is 0.391 e. The van der Waals surface area contributed by atoms with Crippen LogP contribution in [0.2, 0.25) is 0 Å².